The second-order valence-electron chi connectivity index (χ2n) is 3.31. The quantitative estimate of drug-likeness (QED) is 0.755. The SMILES string of the molecule is COCCNC(=O)c1cc(OC)ccc1OC. The molecule has 0 aromatic heterocycles. The van der Waals surface area contributed by atoms with E-state index in [0.29, 0.717) is 30.2 Å². The van der Waals surface area contributed by atoms with Crippen molar-refractivity contribution in [1.82, 2.24) is 5.32 Å². The van der Waals surface area contributed by atoms with Crippen LogP contribution in [0.3, 0.4) is 0 Å². The Kier molecular flexibility index (Phi) is 5.29. The van der Waals surface area contributed by atoms with Crippen molar-refractivity contribution in [2.75, 3.05) is 34.5 Å². The molecule has 5 heteroatoms. The number of carbonyl (C=O) groups is 1. The van der Waals surface area contributed by atoms with Crippen LogP contribution in [0.4, 0.5) is 0 Å². The lowest BCUT2D eigenvalue weighted by molar-refractivity contribution is 0.0933. The van der Waals surface area contributed by atoms with E-state index < -0.39 is 0 Å². The van der Waals surface area contributed by atoms with E-state index >= 15 is 0 Å². The molecule has 0 aliphatic rings. The fourth-order valence-corrected chi connectivity index (χ4v) is 1.35. The lowest BCUT2D eigenvalue weighted by Crippen LogP contribution is -2.27. The normalized spacial score (nSPS) is 9.82. The van der Waals surface area contributed by atoms with Crippen LogP contribution in [0.2, 0.25) is 0 Å². The molecule has 0 bridgehead atoms. The van der Waals surface area contributed by atoms with Crippen molar-refractivity contribution in [2.45, 2.75) is 0 Å². The predicted octanol–water partition coefficient (Wildman–Crippen LogP) is 1.08. The van der Waals surface area contributed by atoms with Crippen molar-refractivity contribution in [3.05, 3.63) is 23.8 Å². The average Bonchev–Trinajstić information content (AvgIpc) is 2.38. The van der Waals surface area contributed by atoms with E-state index in [4.69, 9.17) is 14.2 Å². The summed E-state index contributed by atoms with van der Waals surface area (Å²) in [5.74, 6) is 0.918. The number of hydrogen-bond acceptors (Lipinski definition) is 4. The van der Waals surface area contributed by atoms with Gasteiger partial charge in [-0.2, -0.15) is 0 Å². The number of methoxy groups -OCH3 is 3. The topological polar surface area (TPSA) is 56.8 Å². The van der Waals surface area contributed by atoms with Gasteiger partial charge in [0.2, 0.25) is 0 Å². The number of benzene rings is 1. The molecule has 1 aromatic rings. The van der Waals surface area contributed by atoms with E-state index in [0.717, 1.165) is 0 Å². The van der Waals surface area contributed by atoms with Crippen LogP contribution in [-0.2, 0) is 4.74 Å². The number of ether oxygens (including phenoxy) is 3. The number of nitrogens with one attached hydrogen (secondary N) is 1. The van der Waals surface area contributed by atoms with Gasteiger partial charge < -0.3 is 19.5 Å². The fraction of sp³-hybridized carbons (Fsp3) is 0.417. The standard InChI is InChI=1S/C12H17NO4/c1-15-7-6-13-12(14)10-8-9(16-2)4-5-11(10)17-3/h4-5,8H,6-7H2,1-3H3,(H,13,14). The smallest absolute Gasteiger partial charge is 0.255 e. The molecule has 5 nitrogen and oxygen atoms in total. The Morgan fingerprint density at radius 2 is 2.00 bits per heavy atom. The highest BCUT2D eigenvalue weighted by atomic mass is 16.5. The third kappa shape index (κ3) is 3.64. The number of carbonyl (C=O) groups excluding carboxylic acids is 1. The average molecular weight is 239 g/mol. The summed E-state index contributed by atoms with van der Waals surface area (Å²) in [5.41, 5.74) is 0.447. The molecule has 0 saturated heterocycles. The first-order valence-corrected chi connectivity index (χ1v) is 5.22. The van der Waals surface area contributed by atoms with Gasteiger partial charge in [-0.05, 0) is 18.2 Å². The summed E-state index contributed by atoms with van der Waals surface area (Å²) in [5, 5.41) is 2.73. The minimum absolute atomic E-state index is 0.210. The highest BCUT2D eigenvalue weighted by Crippen LogP contribution is 2.23. The number of rotatable bonds is 6. The van der Waals surface area contributed by atoms with Crippen LogP contribution in [0.15, 0.2) is 18.2 Å². The van der Waals surface area contributed by atoms with Gasteiger partial charge in [0.15, 0.2) is 0 Å². The molecule has 0 radical (unpaired) electrons. The van der Waals surface area contributed by atoms with Gasteiger partial charge in [0, 0.05) is 13.7 Å². The van der Waals surface area contributed by atoms with E-state index in [1.807, 2.05) is 0 Å². The van der Waals surface area contributed by atoms with Crippen LogP contribution >= 0.6 is 0 Å². The molecule has 0 atom stereocenters. The van der Waals surface area contributed by atoms with E-state index in [1.54, 1.807) is 32.4 Å². The Balaban J connectivity index is 2.82. The molecule has 1 N–H and O–H groups in total. The maximum absolute atomic E-state index is 11.9. The number of amides is 1. The van der Waals surface area contributed by atoms with Gasteiger partial charge in [-0.15, -0.1) is 0 Å². The molecule has 0 aliphatic heterocycles. The van der Waals surface area contributed by atoms with Crippen molar-refractivity contribution in [1.29, 1.82) is 0 Å². The Bertz CT molecular complexity index is 379. The minimum atomic E-state index is -0.210. The van der Waals surface area contributed by atoms with Crippen molar-refractivity contribution in [2.24, 2.45) is 0 Å². The molecule has 94 valence electrons. The van der Waals surface area contributed by atoms with Crippen LogP contribution in [0, 0.1) is 0 Å². The lowest BCUT2D eigenvalue weighted by atomic mass is 10.1. The van der Waals surface area contributed by atoms with Gasteiger partial charge in [-0.1, -0.05) is 0 Å². The van der Waals surface area contributed by atoms with Crippen molar-refractivity contribution >= 4 is 5.91 Å². The maximum atomic E-state index is 11.9. The summed E-state index contributed by atoms with van der Waals surface area (Å²) in [6, 6.07) is 5.08. The zero-order valence-electron chi connectivity index (χ0n) is 10.3. The van der Waals surface area contributed by atoms with Crippen LogP contribution in [0.1, 0.15) is 10.4 Å². The molecule has 0 spiro atoms. The minimum Gasteiger partial charge on any atom is -0.497 e. The predicted molar refractivity (Wildman–Crippen MR) is 63.8 cm³/mol. The highest BCUT2D eigenvalue weighted by Gasteiger charge is 2.12. The van der Waals surface area contributed by atoms with Crippen molar-refractivity contribution in [3.63, 3.8) is 0 Å². The lowest BCUT2D eigenvalue weighted by Gasteiger charge is -2.10. The monoisotopic (exact) mass is 239 g/mol. The Hall–Kier alpha value is -1.75. The summed E-state index contributed by atoms with van der Waals surface area (Å²) in [6.45, 7) is 0.924. The molecule has 0 unspecified atom stereocenters. The molecule has 17 heavy (non-hydrogen) atoms. The second kappa shape index (κ2) is 6.75. The molecule has 0 aliphatic carbocycles. The van der Waals surface area contributed by atoms with Crippen LogP contribution < -0.4 is 14.8 Å². The summed E-state index contributed by atoms with van der Waals surface area (Å²) in [7, 11) is 4.65. The summed E-state index contributed by atoms with van der Waals surface area (Å²) < 4.78 is 15.1. The molecule has 0 saturated carbocycles. The first kappa shape index (κ1) is 13.3. The molecule has 0 heterocycles. The molecule has 0 fully saturated rings. The van der Waals surface area contributed by atoms with Crippen LogP contribution in [-0.4, -0.2) is 40.4 Å². The third-order valence-corrected chi connectivity index (χ3v) is 2.24. The van der Waals surface area contributed by atoms with E-state index in [9.17, 15) is 4.79 Å². The molecule has 1 aromatic carbocycles. The van der Waals surface area contributed by atoms with Gasteiger partial charge in [0.1, 0.15) is 11.5 Å². The van der Waals surface area contributed by atoms with Crippen LogP contribution in [0.25, 0.3) is 0 Å². The summed E-state index contributed by atoms with van der Waals surface area (Å²) in [6.07, 6.45) is 0. The summed E-state index contributed by atoms with van der Waals surface area (Å²) >= 11 is 0. The van der Waals surface area contributed by atoms with Gasteiger partial charge in [-0.3, -0.25) is 4.79 Å². The first-order chi connectivity index (χ1) is 8.22. The van der Waals surface area contributed by atoms with Crippen LogP contribution in [0.5, 0.6) is 11.5 Å². The number of hydrogen-bond donors (Lipinski definition) is 1. The Morgan fingerprint density at radius 3 is 2.59 bits per heavy atom. The largest absolute Gasteiger partial charge is 0.497 e. The molecular formula is C12H17NO4. The second-order valence-corrected chi connectivity index (χ2v) is 3.31. The zero-order valence-corrected chi connectivity index (χ0v) is 10.3. The Labute approximate surface area is 101 Å². The molecule has 1 rings (SSSR count). The van der Waals surface area contributed by atoms with Gasteiger partial charge in [0.05, 0.1) is 26.4 Å². The fourth-order valence-electron chi connectivity index (χ4n) is 1.35. The van der Waals surface area contributed by atoms with Crippen molar-refractivity contribution in [3.8, 4) is 11.5 Å². The Morgan fingerprint density at radius 1 is 1.24 bits per heavy atom. The third-order valence-electron chi connectivity index (χ3n) is 2.24. The van der Waals surface area contributed by atoms with Gasteiger partial charge in [-0.25, -0.2) is 0 Å². The highest BCUT2D eigenvalue weighted by molar-refractivity contribution is 5.97. The van der Waals surface area contributed by atoms with Crippen molar-refractivity contribution < 1.29 is 19.0 Å². The summed E-state index contributed by atoms with van der Waals surface area (Å²) in [4.78, 5) is 11.9. The molecular weight excluding hydrogens is 222 g/mol. The zero-order chi connectivity index (χ0) is 12.7. The molecule has 1 amide bonds. The first-order valence-electron chi connectivity index (χ1n) is 5.22. The van der Waals surface area contributed by atoms with E-state index in [2.05, 4.69) is 5.32 Å². The van der Waals surface area contributed by atoms with Gasteiger partial charge in [0.25, 0.3) is 5.91 Å². The van der Waals surface area contributed by atoms with Gasteiger partial charge >= 0.3 is 0 Å². The maximum Gasteiger partial charge on any atom is 0.255 e. The van der Waals surface area contributed by atoms with E-state index in [1.165, 1.54) is 7.11 Å². The van der Waals surface area contributed by atoms with E-state index in [-0.39, 0.29) is 5.91 Å².